The maximum atomic E-state index is 14.0. The first-order valence-electron chi connectivity index (χ1n) is 7.70. The van der Waals surface area contributed by atoms with Crippen molar-refractivity contribution < 1.29 is 22.0 Å². The first kappa shape index (κ1) is 21.5. The van der Waals surface area contributed by atoms with Crippen LogP contribution in [0.2, 0.25) is 15.1 Å². The lowest BCUT2D eigenvalue weighted by Crippen LogP contribution is -2.31. The van der Waals surface area contributed by atoms with Crippen molar-refractivity contribution in [3.8, 4) is 11.4 Å². The summed E-state index contributed by atoms with van der Waals surface area (Å²) in [4.78, 5) is 15.7. The van der Waals surface area contributed by atoms with E-state index in [1.807, 2.05) is 0 Å². The fourth-order valence-electron chi connectivity index (χ4n) is 2.53. The highest BCUT2D eigenvalue weighted by Crippen LogP contribution is 2.32. The van der Waals surface area contributed by atoms with Gasteiger partial charge in [-0.2, -0.15) is 0 Å². The molecule has 1 N–H and O–H groups in total. The Morgan fingerprint density at radius 3 is 2.21 bits per heavy atom. The van der Waals surface area contributed by atoms with Gasteiger partial charge in [-0.1, -0.05) is 40.9 Å². The number of halogens is 5. The lowest BCUT2D eigenvalue weighted by molar-refractivity contribution is 0.0977. The first-order chi connectivity index (χ1) is 13.5. The van der Waals surface area contributed by atoms with Gasteiger partial charge in [0.1, 0.15) is 28.0 Å². The van der Waals surface area contributed by atoms with Gasteiger partial charge in [-0.25, -0.2) is 26.9 Å². The quantitative estimate of drug-likeness (QED) is 0.598. The summed E-state index contributed by atoms with van der Waals surface area (Å²) in [5, 5.41) is -0.484. The van der Waals surface area contributed by atoms with Crippen LogP contribution in [-0.4, -0.2) is 23.9 Å². The number of imidazole rings is 1. The number of carbonyl (C=O) groups excluding carboxylic acids is 1. The van der Waals surface area contributed by atoms with Gasteiger partial charge in [-0.15, -0.1) is 0 Å². The number of amides is 1. The van der Waals surface area contributed by atoms with Gasteiger partial charge in [0.25, 0.3) is 15.9 Å². The lowest BCUT2D eigenvalue weighted by atomic mass is 10.2. The molecule has 0 atom stereocenters. The van der Waals surface area contributed by atoms with E-state index < -0.39 is 43.7 Å². The Morgan fingerprint density at radius 1 is 1.10 bits per heavy atom. The minimum atomic E-state index is -4.49. The van der Waals surface area contributed by atoms with Crippen LogP contribution < -0.4 is 4.72 Å². The maximum absolute atomic E-state index is 14.0. The molecule has 0 radical (unpaired) electrons. The van der Waals surface area contributed by atoms with Crippen LogP contribution in [0.3, 0.4) is 0 Å². The molecule has 1 amide bonds. The molecule has 29 heavy (non-hydrogen) atoms. The zero-order valence-corrected chi connectivity index (χ0v) is 17.5. The fraction of sp³-hybridized carbons (Fsp3) is 0.0588. The zero-order chi connectivity index (χ0) is 21.5. The molecule has 152 valence electrons. The standard InChI is InChI=1S/C17H10Cl3F2N3O3S/c1-25-7-13(23-16(25)14-11(21)3-2-4-12(14)22)17(26)24-29(27,28)15-9(19)5-8(18)6-10(15)20/h2-7H,1H3,(H,24,26). The number of rotatable bonds is 4. The molecule has 0 spiro atoms. The van der Waals surface area contributed by atoms with Crippen molar-refractivity contribution in [2.75, 3.05) is 0 Å². The molecule has 3 rings (SSSR count). The highest BCUT2D eigenvalue weighted by Gasteiger charge is 2.27. The molecule has 0 fully saturated rings. The number of aromatic nitrogens is 2. The van der Waals surface area contributed by atoms with Crippen molar-refractivity contribution in [1.82, 2.24) is 14.3 Å². The largest absolute Gasteiger partial charge is 0.333 e. The molecule has 6 nitrogen and oxygen atoms in total. The average Bonchev–Trinajstić information content (AvgIpc) is 2.95. The summed E-state index contributed by atoms with van der Waals surface area (Å²) < 4.78 is 56.1. The van der Waals surface area contributed by atoms with Crippen LogP contribution in [0.25, 0.3) is 11.4 Å². The van der Waals surface area contributed by atoms with Gasteiger partial charge < -0.3 is 4.57 Å². The highest BCUT2D eigenvalue weighted by molar-refractivity contribution is 7.90. The Bertz CT molecular complexity index is 1200. The Morgan fingerprint density at radius 2 is 1.66 bits per heavy atom. The smallest absolute Gasteiger partial charge is 0.285 e. The number of carbonyl (C=O) groups is 1. The van der Waals surface area contributed by atoms with Crippen LogP contribution in [-0.2, 0) is 17.1 Å². The summed E-state index contributed by atoms with van der Waals surface area (Å²) >= 11 is 17.5. The van der Waals surface area contributed by atoms with E-state index in [9.17, 15) is 22.0 Å². The second kappa shape index (κ2) is 7.91. The molecular formula is C17H10Cl3F2N3O3S. The first-order valence-corrected chi connectivity index (χ1v) is 10.3. The molecule has 0 saturated carbocycles. The number of hydrogen-bond acceptors (Lipinski definition) is 4. The summed E-state index contributed by atoms with van der Waals surface area (Å²) in [6.07, 6.45) is 1.12. The molecule has 3 aromatic rings. The van der Waals surface area contributed by atoms with Gasteiger partial charge in [0.2, 0.25) is 0 Å². The second-order valence-electron chi connectivity index (χ2n) is 5.79. The molecule has 0 aliphatic heterocycles. The summed E-state index contributed by atoms with van der Waals surface area (Å²) in [6.45, 7) is 0. The summed E-state index contributed by atoms with van der Waals surface area (Å²) in [6, 6.07) is 5.53. The van der Waals surface area contributed by atoms with E-state index in [4.69, 9.17) is 34.8 Å². The Balaban J connectivity index is 1.97. The highest BCUT2D eigenvalue weighted by atomic mass is 35.5. The number of nitrogens with one attached hydrogen (secondary N) is 1. The van der Waals surface area contributed by atoms with Crippen molar-refractivity contribution in [3.63, 3.8) is 0 Å². The van der Waals surface area contributed by atoms with Crippen molar-refractivity contribution in [3.05, 3.63) is 68.9 Å². The van der Waals surface area contributed by atoms with E-state index in [1.54, 1.807) is 4.72 Å². The molecule has 2 aromatic carbocycles. The number of hydrogen-bond donors (Lipinski definition) is 1. The summed E-state index contributed by atoms with van der Waals surface area (Å²) in [5.74, 6) is -3.13. The van der Waals surface area contributed by atoms with Crippen molar-refractivity contribution in [2.24, 2.45) is 7.05 Å². The minimum Gasteiger partial charge on any atom is -0.333 e. The predicted molar refractivity (Wildman–Crippen MR) is 105 cm³/mol. The molecule has 0 aliphatic rings. The molecule has 0 aliphatic carbocycles. The van der Waals surface area contributed by atoms with Gasteiger partial charge in [-0.3, -0.25) is 4.79 Å². The third kappa shape index (κ3) is 4.23. The van der Waals surface area contributed by atoms with E-state index in [0.29, 0.717) is 0 Å². The van der Waals surface area contributed by atoms with Gasteiger partial charge in [0.05, 0.1) is 15.6 Å². The van der Waals surface area contributed by atoms with E-state index in [0.717, 1.165) is 30.5 Å². The molecule has 12 heteroatoms. The van der Waals surface area contributed by atoms with Crippen molar-refractivity contribution >= 4 is 50.7 Å². The number of nitrogens with zero attached hydrogens (tertiary/aromatic N) is 2. The summed E-state index contributed by atoms with van der Waals surface area (Å²) in [5.41, 5.74) is -0.851. The van der Waals surface area contributed by atoms with Gasteiger partial charge in [-0.05, 0) is 24.3 Å². The SMILES string of the molecule is Cn1cc(C(=O)NS(=O)(=O)c2c(Cl)cc(Cl)cc2Cl)nc1-c1c(F)cccc1F. The van der Waals surface area contributed by atoms with Crippen LogP contribution in [0.1, 0.15) is 10.5 Å². The second-order valence-corrected chi connectivity index (χ2v) is 8.66. The number of aryl methyl sites for hydroxylation is 1. The van der Waals surface area contributed by atoms with Gasteiger partial charge >= 0.3 is 0 Å². The molecule has 0 saturated heterocycles. The topological polar surface area (TPSA) is 81.1 Å². The van der Waals surface area contributed by atoms with E-state index in [-0.39, 0.29) is 20.9 Å². The molecule has 0 unspecified atom stereocenters. The number of benzene rings is 2. The van der Waals surface area contributed by atoms with Crippen LogP contribution in [0.4, 0.5) is 8.78 Å². The van der Waals surface area contributed by atoms with Crippen LogP contribution in [0.5, 0.6) is 0 Å². The third-order valence-corrected chi connectivity index (χ3v) is 6.22. The third-order valence-electron chi connectivity index (χ3n) is 3.75. The summed E-state index contributed by atoms with van der Waals surface area (Å²) in [7, 11) is -3.09. The Hall–Kier alpha value is -2.20. The van der Waals surface area contributed by atoms with Crippen molar-refractivity contribution in [1.29, 1.82) is 0 Å². The van der Waals surface area contributed by atoms with Gasteiger partial charge in [0.15, 0.2) is 0 Å². The Kier molecular flexibility index (Phi) is 5.86. The van der Waals surface area contributed by atoms with Crippen LogP contribution in [0, 0.1) is 11.6 Å². The van der Waals surface area contributed by atoms with Gasteiger partial charge in [0, 0.05) is 18.3 Å². The van der Waals surface area contributed by atoms with Crippen LogP contribution >= 0.6 is 34.8 Å². The predicted octanol–water partition coefficient (Wildman–Crippen LogP) is 4.44. The van der Waals surface area contributed by atoms with Crippen molar-refractivity contribution in [2.45, 2.75) is 4.90 Å². The van der Waals surface area contributed by atoms with E-state index in [1.165, 1.54) is 17.7 Å². The normalized spacial score (nSPS) is 11.5. The van der Waals surface area contributed by atoms with E-state index in [2.05, 4.69) is 4.98 Å². The molecule has 0 bridgehead atoms. The zero-order valence-electron chi connectivity index (χ0n) is 14.4. The van der Waals surface area contributed by atoms with E-state index >= 15 is 0 Å². The Labute approximate surface area is 179 Å². The monoisotopic (exact) mass is 479 g/mol. The van der Waals surface area contributed by atoms with Crippen LogP contribution in [0.15, 0.2) is 41.4 Å². The minimum absolute atomic E-state index is 0.103. The molecular weight excluding hydrogens is 471 g/mol. The lowest BCUT2D eigenvalue weighted by Gasteiger charge is -2.09. The number of sulfonamides is 1. The fourth-order valence-corrected chi connectivity index (χ4v) is 5.04. The molecule has 1 aromatic heterocycles. The average molecular weight is 481 g/mol. The molecule has 1 heterocycles. The maximum Gasteiger partial charge on any atom is 0.285 e.